The maximum absolute atomic E-state index is 12.4. The van der Waals surface area contributed by atoms with Crippen LogP contribution in [0.1, 0.15) is 41.5 Å². The van der Waals surface area contributed by atoms with Gasteiger partial charge in [-0.15, -0.1) is 0 Å². The van der Waals surface area contributed by atoms with Crippen molar-refractivity contribution < 1.29 is 4.79 Å². The van der Waals surface area contributed by atoms with Gasteiger partial charge in [0.05, 0.1) is 22.8 Å². The molecule has 8 heteroatoms. The Balaban J connectivity index is 1.20. The summed E-state index contributed by atoms with van der Waals surface area (Å²) in [6.07, 6.45) is 4.99. The van der Waals surface area contributed by atoms with Crippen molar-refractivity contribution in [2.45, 2.75) is 31.2 Å². The third-order valence-electron chi connectivity index (χ3n) is 6.79. The average Bonchev–Trinajstić information content (AvgIpc) is 3.34. The number of pyridine rings is 1. The lowest BCUT2D eigenvalue weighted by Crippen LogP contribution is -2.44. The molecule has 2 N–H and O–H groups in total. The molecule has 0 bridgehead atoms. The van der Waals surface area contributed by atoms with Crippen LogP contribution in [0.25, 0.3) is 10.9 Å². The average molecular weight is 433 g/mol. The van der Waals surface area contributed by atoms with E-state index in [1.54, 1.807) is 19.3 Å². The van der Waals surface area contributed by atoms with Gasteiger partial charge in [0.25, 0.3) is 11.5 Å². The summed E-state index contributed by atoms with van der Waals surface area (Å²) in [5.74, 6) is 0.920. The Morgan fingerprint density at radius 1 is 1.09 bits per heavy atom. The van der Waals surface area contributed by atoms with Gasteiger partial charge < -0.3 is 15.2 Å². The van der Waals surface area contributed by atoms with Crippen molar-refractivity contribution in [3.63, 3.8) is 0 Å². The summed E-state index contributed by atoms with van der Waals surface area (Å²) in [7, 11) is 1.61. The van der Waals surface area contributed by atoms with Gasteiger partial charge >= 0.3 is 0 Å². The minimum Gasteiger partial charge on any atom is -0.370 e. The van der Waals surface area contributed by atoms with Crippen LogP contribution in [0.5, 0.6) is 0 Å². The number of para-hydroxylation sites is 1. The van der Waals surface area contributed by atoms with Crippen LogP contribution in [0.3, 0.4) is 0 Å². The van der Waals surface area contributed by atoms with Crippen molar-refractivity contribution in [1.82, 2.24) is 25.2 Å². The largest absolute Gasteiger partial charge is 0.370 e. The molecule has 0 spiro atoms. The molecule has 8 nitrogen and oxygen atoms in total. The van der Waals surface area contributed by atoms with Crippen molar-refractivity contribution in [2.75, 3.05) is 38.1 Å². The monoisotopic (exact) mass is 432 g/mol. The smallest absolute Gasteiger partial charge is 0.269 e. The van der Waals surface area contributed by atoms with Crippen LogP contribution in [0, 0.1) is 0 Å². The molecular weight excluding hydrogens is 404 g/mol. The molecule has 0 aliphatic carbocycles. The van der Waals surface area contributed by atoms with E-state index in [1.807, 2.05) is 30.3 Å². The van der Waals surface area contributed by atoms with Crippen molar-refractivity contribution in [3.8, 4) is 0 Å². The number of benzene rings is 1. The number of carbonyl (C=O) groups excluding carboxylic acids is 1. The van der Waals surface area contributed by atoms with E-state index >= 15 is 0 Å². The third-order valence-corrected chi connectivity index (χ3v) is 6.79. The summed E-state index contributed by atoms with van der Waals surface area (Å²) in [5, 5.41) is 3.25. The molecule has 1 amide bonds. The molecule has 32 heavy (non-hydrogen) atoms. The number of fused-ring (bicyclic) bond motifs is 1. The van der Waals surface area contributed by atoms with Crippen LogP contribution in [0.4, 0.5) is 5.69 Å². The van der Waals surface area contributed by atoms with E-state index in [0.29, 0.717) is 17.1 Å². The molecule has 2 aliphatic rings. The van der Waals surface area contributed by atoms with Gasteiger partial charge in [0.1, 0.15) is 11.5 Å². The Bertz CT molecular complexity index is 1170. The molecule has 2 aromatic heterocycles. The lowest BCUT2D eigenvalue weighted by Gasteiger charge is -2.37. The normalized spacial score (nSPS) is 20.0. The van der Waals surface area contributed by atoms with Crippen LogP contribution in [-0.4, -0.2) is 65.0 Å². The number of likely N-dealkylation sites (tertiary alicyclic amines) is 1. The Morgan fingerprint density at radius 3 is 2.66 bits per heavy atom. The number of H-pyrrole nitrogens is 1. The first-order chi connectivity index (χ1) is 15.6. The van der Waals surface area contributed by atoms with E-state index < -0.39 is 0 Å². The number of carbonyl (C=O) groups is 1. The van der Waals surface area contributed by atoms with Crippen molar-refractivity contribution in [3.05, 3.63) is 64.5 Å². The highest BCUT2D eigenvalue weighted by molar-refractivity contribution is 5.92. The number of aromatic nitrogens is 3. The topological polar surface area (TPSA) is 94.2 Å². The zero-order valence-electron chi connectivity index (χ0n) is 18.3. The first kappa shape index (κ1) is 20.6. The lowest BCUT2D eigenvalue weighted by molar-refractivity contribution is 0.0958. The van der Waals surface area contributed by atoms with Gasteiger partial charge in [-0.3, -0.25) is 14.5 Å². The molecule has 2 fully saturated rings. The third kappa shape index (κ3) is 3.98. The quantitative estimate of drug-likeness (QED) is 0.656. The number of piperidine rings is 1. The second-order valence-electron chi connectivity index (χ2n) is 8.65. The van der Waals surface area contributed by atoms with Gasteiger partial charge in [-0.2, -0.15) is 0 Å². The predicted molar refractivity (Wildman–Crippen MR) is 124 cm³/mol. The number of nitrogens with zero attached hydrogens (tertiary/aromatic N) is 4. The van der Waals surface area contributed by atoms with E-state index in [2.05, 4.69) is 25.1 Å². The maximum Gasteiger partial charge on any atom is 0.269 e. The zero-order valence-corrected chi connectivity index (χ0v) is 18.3. The lowest BCUT2D eigenvalue weighted by atomic mass is 10.0. The molecule has 4 heterocycles. The van der Waals surface area contributed by atoms with Crippen LogP contribution in [0.2, 0.25) is 0 Å². The first-order valence-corrected chi connectivity index (χ1v) is 11.3. The Hall–Kier alpha value is -3.26. The van der Waals surface area contributed by atoms with Gasteiger partial charge in [-0.05, 0) is 50.1 Å². The number of rotatable bonds is 4. The summed E-state index contributed by atoms with van der Waals surface area (Å²) < 4.78 is 0. The SMILES string of the molecule is CNC(=O)c1ccc(N2CCC(N3CCC(c4nc5ccccc5c(=O)[nH]4)C3)CC2)cn1. The Labute approximate surface area is 186 Å². The zero-order chi connectivity index (χ0) is 22.1. The molecule has 0 saturated carbocycles. The fourth-order valence-electron chi connectivity index (χ4n) is 4.96. The maximum atomic E-state index is 12.4. The molecule has 3 aromatic rings. The Morgan fingerprint density at radius 2 is 1.91 bits per heavy atom. The molecular formula is C24H28N6O2. The van der Waals surface area contributed by atoms with Crippen LogP contribution >= 0.6 is 0 Å². The molecule has 2 saturated heterocycles. The predicted octanol–water partition coefficient (Wildman–Crippen LogP) is 2.14. The second kappa shape index (κ2) is 8.70. The van der Waals surface area contributed by atoms with Crippen LogP contribution in [0.15, 0.2) is 47.4 Å². The van der Waals surface area contributed by atoms with Crippen molar-refractivity contribution >= 4 is 22.5 Å². The molecule has 166 valence electrons. The van der Waals surface area contributed by atoms with Gasteiger partial charge in [-0.25, -0.2) is 9.97 Å². The van der Waals surface area contributed by atoms with Crippen LogP contribution < -0.4 is 15.8 Å². The molecule has 2 aliphatic heterocycles. The molecule has 1 atom stereocenters. The second-order valence-corrected chi connectivity index (χ2v) is 8.65. The molecule has 5 rings (SSSR count). The Kier molecular flexibility index (Phi) is 5.61. The summed E-state index contributed by atoms with van der Waals surface area (Å²) >= 11 is 0. The first-order valence-electron chi connectivity index (χ1n) is 11.3. The summed E-state index contributed by atoms with van der Waals surface area (Å²) in [6, 6.07) is 11.8. The fraction of sp³-hybridized carbons (Fsp3) is 0.417. The van der Waals surface area contributed by atoms with Gasteiger partial charge in [0.2, 0.25) is 0 Å². The standard InChI is InChI=1S/C24H28N6O2/c1-25-24(32)21-7-6-18(14-26-21)29-12-9-17(10-13-29)30-11-8-16(15-30)22-27-20-5-3-2-4-19(20)23(31)28-22/h2-7,14,16-17H,8-13,15H2,1H3,(H,25,32)(H,27,28,31). The van der Waals surface area contributed by atoms with E-state index in [0.717, 1.165) is 62.5 Å². The van der Waals surface area contributed by atoms with E-state index in [9.17, 15) is 9.59 Å². The molecule has 0 radical (unpaired) electrons. The summed E-state index contributed by atoms with van der Waals surface area (Å²) in [4.78, 5) is 41.1. The minimum atomic E-state index is -0.166. The number of aromatic amines is 1. The van der Waals surface area contributed by atoms with Crippen molar-refractivity contribution in [1.29, 1.82) is 0 Å². The van der Waals surface area contributed by atoms with E-state index in [4.69, 9.17) is 4.98 Å². The van der Waals surface area contributed by atoms with E-state index in [1.165, 1.54) is 0 Å². The highest BCUT2D eigenvalue weighted by Gasteiger charge is 2.32. The molecule has 1 unspecified atom stereocenters. The van der Waals surface area contributed by atoms with Crippen molar-refractivity contribution in [2.24, 2.45) is 0 Å². The highest BCUT2D eigenvalue weighted by atomic mass is 16.1. The minimum absolute atomic E-state index is 0.0478. The van der Waals surface area contributed by atoms with Gasteiger partial charge in [-0.1, -0.05) is 12.1 Å². The number of nitrogens with one attached hydrogen (secondary N) is 2. The molecule has 1 aromatic carbocycles. The summed E-state index contributed by atoms with van der Waals surface area (Å²) in [5.41, 5.74) is 2.23. The van der Waals surface area contributed by atoms with Crippen LogP contribution in [-0.2, 0) is 0 Å². The number of anilines is 1. The fourth-order valence-corrected chi connectivity index (χ4v) is 4.96. The van der Waals surface area contributed by atoms with Gasteiger partial charge in [0.15, 0.2) is 0 Å². The number of hydrogen-bond acceptors (Lipinski definition) is 6. The summed E-state index contributed by atoms with van der Waals surface area (Å²) in [6.45, 7) is 3.92. The number of amides is 1. The highest BCUT2D eigenvalue weighted by Crippen LogP contribution is 2.30. The van der Waals surface area contributed by atoms with E-state index in [-0.39, 0.29) is 17.4 Å². The number of hydrogen-bond donors (Lipinski definition) is 2. The van der Waals surface area contributed by atoms with Gasteiger partial charge in [0, 0.05) is 38.6 Å².